The zero-order valence-corrected chi connectivity index (χ0v) is 14.5. The third-order valence-corrected chi connectivity index (χ3v) is 4.68. The van der Waals surface area contributed by atoms with E-state index in [1.807, 2.05) is 18.2 Å². The van der Waals surface area contributed by atoms with Crippen LogP contribution in [0.15, 0.2) is 30.3 Å². The van der Waals surface area contributed by atoms with E-state index in [2.05, 4.69) is 17.4 Å². The molecule has 0 bridgehead atoms. The van der Waals surface area contributed by atoms with Crippen molar-refractivity contribution in [2.75, 3.05) is 19.6 Å². The number of amides is 2. The quantitative estimate of drug-likeness (QED) is 0.761. The lowest BCUT2D eigenvalue weighted by atomic mass is 10.1. The molecule has 0 aliphatic heterocycles. The number of carbonyl (C=O) groups excluding carboxylic acids is 2. The topological polar surface area (TPSA) is 75.4 Å². The first-order valence-corrected chi connectivity index (χ1v) is 8.95. The van der Waals surface area contributed by atoms with E-state index in [1.165, 1.54) is 5.56 Å². The van der Waals surface area contributed by atoms with Gasteiger partial charge in [-0.2, -0.15) is 0 Å². The second kappa shape index (κ2) is 9.42. The minimum atomic E-state index is -0.500. The van der Waals surface area contributed by atoms with Crippen molar-refractivity contribution >= 4 is 11.8 Å². The van der Waals surface area contributed by atoms with E-state index >= 15 is 0 Å². The first-order chi connectivity index (χ1) is 11.6. The van der Waals surface area contributed by atoms with Crippen LogP contribution in [0.1, 0.15) is 38.2 Å². The first kappa shape index (κ1) is 18.5. The number of hydrogen-bond acceptors (Lipinski definition) is 3. The highest BCUT2D eigenvalue weighted by molar-refractivity contribution is 5.88. The maximum Gasteiger partial charge on any atom is 0.244 e. The van der Waals surface area contributed by atoms with Crippen molar-refractivity contribution in [1.29, 1.82) is 0 Å². The Morgan fingerprint density at radius 2 is 1.88 bits per heavy atom. The number of nitrogens with zero attached hydrogens (tertiary/aromatic N) is 1. The lowest BCUT2D eigenvalue weighted by molar-refractivity contribution is -0.136. The molecule has 2 rings (SSSR count). The van der Waals surface area contributed by atoms with Gasteiger partial charge in [0.2, 0.25) is 11.8 Å². The summed E-state index contributed by atoms with van der Waals surface area (Å²) < 4.78 is 0. The third kappa shape index (κ3) is 5.34. The largest absolute Gasteiger partial charge is 0.344 e. The first-order valence-electron chi connectivity index (χ1n) is 8.95. The summed E-state index contributed by atoms with van der Waals surface area (Å²) in [7, 11) is 0. The van der Waals surface area contributed by atoms with Crippen LogP contribution in [0.5, 0.6) is 0 Å². The van der Waals surface area contributed by atoms with E-state index in [0.717, 1.165) is 32.1 Å². The molecule has 0 spiro atoms. The summed E-state index contributed by atoms with van der Waals surface area (Å²) in [5.74, 6) is 0.0411. The number of nitrogens with two attached hydrogens (primary N) is 1. The molecule has 1 aromatic rings. The summed E-state index contributed by atoms with van der Waals surface area (Å²) in [6.45, 7) is 3.31. The van der Waals surface area contributed by atoms with Crippen LogP contribution >= 0.6 is 0 Å². The Balaban J connectivity index is 1.87. The van der Waals surface area contributed by atoms with Gasteiger partial charge in [0, 0.05) is 25.6 Å². The normalized spacial score (nSPS) is 15.9. The average molecular weight is 331 g/mol. The van der Waals surface area contributed by atoms with Crippen molar-refractivity contribution in [1.82, 2.24) is 10.2 Å². The minimum Gasteiger partial charge on any atom is -0.344 e. The lowest BCUT2D eigenvalue weighted by Crippen LogP contribution is -2.49. The standard InChI is InChI=1S/C19H29N3O2/c1-15(21-18(23)17-9-5-6-10-17)19(24)22(14-12-20)13-11-16-7-3-2-4-8-16/h2-4,7-8,15,17H,5-6,9-14,20H2,1H3,(H,21,23). The molecule has 5 heteroatoms. The van der Waals surface area contributed by atoms with Crippen LogP contribution < -0.4 is 11.1 Å². The van der Waals surface area contributed by atoms with Crippen molar-refractivity contribution in [2.45, 2.75) is 45.1 Å². The van der Waals surface area contributed by atoms with Gasteiger partial charge in [-0.25, -0.2) is 0 Å². The SMILES string of the molecule is CC(NC(=O)C1CCCC1)C(=O)N(CCN)CCc1ccccc1. The Labute approximate surface area is 144 Å². The predicted molar refractivity (Wildman–Crippen MR) is 95.3 cm³/mol. The molecule has 1 aromatic carbocycles. The summed E-state index contributed by atoms with van der Waals surface area (Å²) in [6, 6.07) is 9.57. The summed E-state index contributed by atoms with van der Waals surface area (Å²) >= 11 is 0. The number of hydrogen-bond donors (Lipinski definition) is 2. The van der Waals surface area contributed by atoms with Gasteiger partial charge in [0.25, 0.3) is 0 Å². The summed E-state index contributed by atoms with van der Waals surface area (Å²) in [6.07, 6.45) is 4.88. The van der Waals surface area contributed by atoms with Gasteiger partial charge in [-0.1, -0.05) is 43.2 Å². The zero-order valence-electron chi connectivity index (χ0n) is 14.5. The number of benzene rings is 1. The van der Waals surface area contributed by atoms with Crippen molar-refractivity contribution in [3.05, 3.63) is 35.9 Å². The highest BCUT2D eigenvalue weighted by atomic mass is 16.2. The lowest BCUT2D eigenvalue weighted by Gasteiger charge is -2.26. The van der Waals surface area contributed by atoms with Crippen molar-refractivity contribution in [2.24, 2.45) is 11.7 Å². The summed E-state index contributed by atoms with van der Waals surface area (Å²) in [4.78, 5) is 26.6. The Kier molecular flexibility index (Phi) is 7.25. The van der Waals surface area contributed by atoms with Gasteiger partial charge in [-0.15, -0.1) is 0 Å². The van der Waals surface area contributed by atoms with Gasteiger partial charge in [-0.3, -0.25) is 9.59 Å². The number of rotatable bonds is 8. The Morgan fingerprint density at radius 3 is 2.50 bits per heavy atom. The van der Waals surface area contributed by atoms with E-state index in [-0.39, 0.29) is 17.7 Å². The van der Waals surface area contributed by atoms with Crippen LogP contribution in [-0.4, -0.2) is 42.4 Å². The molecule has 0 radical (unpaired) electrons. The van der Waals surface area contributed by atoms with Crippen molar-refractivity contribution in [3.63, 3.8) is 0 Å². The fourth-order valence-electron chi connectivity index (χ4n) is 3.25. The van der Waals surface area contributed by atoms with Crippen LogP contribution in [0.2, 0.25) is 0 Å². The molecule has 0 aromatic heterocycles. The molecule has 1 aliphatic rings. The molecule has 24 heavy (non-hydrogen) atoms. The molecule has 0 heterocycles. The van der Waals surface area contributed by atoms with Crippen LogP contribution in [0.4, 0.5) is 0 Å². The van der Waals surface area contributed by atoms with Crippen LogP contribution in [0, 0.1) is 5.92 Å². The molecule has 0 saturated heterocycles. The molecule has 132 valence electrons. The van der Waals surface area contributed by atoms with Crippen molar-refractivity contribution in [3.8, 4) is 0 Å². The second-order valence-electron chi connectivity index (χ2n) is 6.56. The maximum atomic E-state index is 12.7. The molecule has 1 aliphatic carbocycles. The van der Waals surface area contributed by atoms with E-state index in [1.54, 1.807) is 11.8 Å². The Hall–Kier alpha value is -1.88. The van der Waals surface area contributed by atoms with Gasteiger partial charge in [0.15, 0.2) is 0 Å². The monoisotopic (exact) mass is 331 g/mol. The van der Waals surface area contributed by atoms with Gasteiger partial charge < -0.3 is 16.0 Å². The molecule has 2 amide bonds. The molecule has 1 saturated carbocycles. The van der Waals surface area contributed by atoms with E-state index in [0.29, 0.717) is 19.6 Å². The highest BCUT2D eigenvalue weighted by Gasteiger charge is 2.27. The molecule has 3 N–H and O–H groups in total. The smallest absolute Gasteiger partial charge is 0.244 e. The molecule has 5 nitrogen and oxygen atoms in total. The fraction of sp³-hybridized carbons (Fsp3) is 0.579. The Bertz CT molecular complexity index is 527. The second-order valence-corrected chi connectivity index (χ2v) is 6.56. The number of nitrogens with one attached hydrogen (secondary N) is 1. The predicted octanol–water partition coefficient (Wildman–Crippen LogP) is 1.71. The fourth-order valence-corrected chi connectivity index (χ4v) is 3.25. The molecule has 1 fully saturated rings. The maximum absolute atomic E-state index is 12.7. The van der Waals surface area contributed by atoms with Crippen LogP contribution in [-0.2, 0) is 16.0 Å². The number of carbonyl (C=O) groups is 2. The molecular weight excluding hydrogens is 302 g/mol. The summed E-state index contributed by atoms with van der Waals surface area (Å²) in [5.41, 5.74) is 6.85. The van der Waals surface area contributed by atoms with Gasteiger partial charge in [-0.05, 0) is 31.7 Å². The average Bonchev–Trinajstić information content (AvgIpc) is 3.13. The molecule has 1 unspecified atom stereocenters. The van der Waals surface area contributed by atoms with Crippen LogP contribution in [0.3, 0.4) is 0 Å². The van der Waals surface area contributed by atoms with Crippen molar-refractivity contribution < 1.29 is 9.59 Å². The molecular formula is C19H29N3O2. The minimum absolute atomic E-state index is 0.0177. The van der Waals surface area contributed by atoms with E-state index < -0.39 is 6.04 Å². The third-order valence-electron chi connectivity index (χ3n) is 4.68. The molecule has 1 atom stereocenters. The van der Waals surface area contributed by atoms with Gasteiger partial charge >= 0.3 is 0 Å². The van der Waals surface area contributed by atoms with E-state index in [4.69, 9.17) is 5.73 Å². The Morgan fingerprint density at radius 1 is 1.21 bits per heavy atom. The highest BCUT2D eigenvalue weighted by Crippen LogP contribution is 2.24. The van der Waals surface area contributed by atoms with Gasteiger partial charge in [0.1, 0.15) is 6.04 Å². The zero-order chi connectivity index (χ0) is 17.4. The summed E-state index contributed by atoms with van der Waals surface area (Å²) in [5, 5.41) is 2.89. The van der Waals surface area contributed by atoms with Crippen LogP contribution in [0.25, 0.3) is 0 Å². The van der Waals surface area contributed by atoms with E-state index in [9.17, 15) is 9.59 Å². The van der Waals surface area contributed by atoms with Gasteiger partial charge in [0.05, 0.1) is 0 Å².